The molecule has 0 spiro atoms. The van der Waals surface area contributed by atoms with Crippen molar-refractivity contribution in [2.75, 3.05) is 0 Å². The summed E-state index contributed by atoms with van der Waals surface area (Å²) in [4.78, 5) is 37.6. The van der Waals surface area contributed by atoms with E-state index in [0.717, 1.165) is 11.1 Å². The Kier molecular flexibility index (Phi) is 6.49. The molecule has 0 bridgehead atoms. The highest BCUT2D eigenvalue weighted by Crippen LogP contribution is 2.25. The van der Waals surface area contributed by atoms with Crippen LogP contribution in [-0.2, 0) is 9.59 Å². The molecular weight excluding hydrogens is 405 g/mol. The van der Waals surface area contributed by atoms with E-state index in [2.05, 4.69) is 25.9 Å². The molecule has 0 radical (unpaired) electrons. The van der Waals surface area contributed by atoms with E-state index >= 15 is 0 Å². The lowest BCUT2D eigenvalue weighted by atomic mass is 9.99. The molecule has 2 aromatic heterocycles. The molecule has 2 heterocycles. The topological polar surface area (TPSA) is 81.9 Å². The predicted molar refractivity (Wildman–Crippen MR) is 96.1 cm³/mol. The number of aryl methyl sites for hydroxylation is 1. The average molecular weight is 420 g/mol. The first-order valence-corrected chi connectivity index (χ1v) is 8.51. The van der Waals surface area contributed by atoms with Crippen molar-refractivity contribution in [3.63, 3.8) is 0 Å². The zero-order chi connectivity index (χ0) is 19.3. The van der Waals surface area contributed by atoms with E-state index in [-0.39, 0.29) is 23.6 Å². The van der Waals surface area contributed by atoms with Crippen molar-refractivity contribution in [2.45, 2.75) is 26.3 Å². The lowest BCUT2D eigenvalue weighted by Gasteiger charge is -2.20. The summed E-state index contributed by atoms with van der Waals surface area (Å²) in [5, 5.41) is 0. The molecule has 0 saturated carbocycles. The smallest absolute Gasteiger partial charge is 0.290 e. The summed E-state index contributed by atoms with van der Waals surface area (Å²) in [6.07, 6.45) is 2.41. The number of hydrogen-bond donors (Lipinski definition) is 0. The van der Waals surface area contributed by atoms with E-state index in [1.807, 2.05) is 13.8 Å². The Morgan fingerprint density at radius 1 is 1.27 bits per heavy atom. The van der Waals surface area contributed by atoms with E-state index in [0.29, 0.717) is 22.1 Å². The quantitative estimate of drug-likeness (QED) is 0.607. The molecule has 0 aliphatic heterocycles. The van der Waals surface area contributed by atoms with Gasteiger partial charge in [0.15, 0.2) is 5.52 Å². The maximum Gasteiger partial charge on any atom is 0.373 e. The maximum absolute atomic E-state index is 13.6. The molecule has 0 aliphatic rings. The maximum atomic E-state index is 13.6. The molecule has 0 fully saturated rings. The number of pyridine rings is 1. The van der Waals surface area contributed by atoms with Gasteiger partial charge in [0.05, 0.1) is 17.9 Å². The first kappa shape index (κ1) is 19.6. The van der Waals surface area contributed by atoms with Crippen molar-refractivity contribution in [1.29, 1.82) is 0 Å². The summed E-state index contributed by atoms with van der Waals surface area (Å²) in [5.41, 5.74) is 2.33. The zero-order valence-corrected chi connectivity index (χ0v) is 15.7. The highest BCUT2D eigenvalue weighted by Gasteiger charge is 2.18. The first-order chi connectivity index (χ1) is 12.4. The number of benzene rings is 1. The fourth-order valence-electron chi connectivity index (χ4n) is 2.75. The standard InChI is InChI=1S/C17H15BrFN3O.CO2/c1-3-14(12-8-11(19)5-4-10(12)2)22-9-20-13-6-7-15(18)21-16(13)17(22)23;2-1-3/h4-9,14H,3H2,1-2H3;. The molecular formula is C18H15BrFN3O3. The fourth-order valence-corrected chi connectivity index (χ4v) is 3.06. The monoisotopic (exact) mass is 419 g/mol. The first-order valence-electron chi connectivity index (χ1n) is 7.71. The molecule has 26 heavy (non-hydrogen) atoms. The number of nitrogens with zero attached hydrogens (tertiary/aromatic N) is 3. The summed E-state index contributed by atoms with van der Waals surface area (Å²) in [6, 6.07) is 7.83. The van der Waals surface area contributed by atoms with Crippen LogP contribution in [0.2, 0.25) is 0 Å². The largest absolute Gasteiger partial charge is 0.373 e. The van der Waals surface area contributed by atoms with Crippen LogP contribution in [0.4, 0.5) is 4.39 Å². The third-order valence-electron chi connectivity index (χ3n) is 3.92. The number of rotatable bonds is 3. The summed E-state index contributed by atoms with van der Waals surface area (Å²) >= 11 is 3.27. The Balaban J connectivity index is 0.000000758. The van der Waals surface area contributed by atoms with Crippen LogP contribution in [-0.4, -0.2) is 20.7 Å². The third kappa shape index (κ3) is 4.09. The van der Waals surface area contributed by atoms with Gasteiger partial charge in [-0.15, -0.1) is 0 Å². The molecule has 1 aromatic carbocycles. The van der Waals surface area contributed by atoms with Crippen LogP contribution < -0.4 is 5.56 Å². The van der Waals surface area contributed by atoms with Crippen LogP contribution in [0.15, 0.2) is 46.1 Å². The van der Waals surface area contributed by atoms with Crippen molar-refractivity contribution >= 4 is 33.1 Å². The van der Waals surface area contributed by atoms with Gasteiger partial charge in [-0.3, -0.25) is 9.36 Å². The Morgan fingerprint density at radius 3 is 2.62 bits per heavy atom. The Labute approximate surface area is 156 Å². The van der Waals surface area contributed by atoms with Gasteiger partial charge < -0.3 is 0 Å². The Morgan fingerprint density at radius 2 is 1.96 bits per heavy atom. The van der Waals surface area contributed by atoms with Gasteiger partial charge in [-0.1, -0.05) is 13.0 Å². The van der Waals surface area contributed by atoms with Crippen LogP contribution in [0.1, 0.15) is 30.5 Å². The van der Waals surface area contributed by atoms with Crippen LogP contribution in [0.25, 0.3) is 11.0 Å². The normalized spacial score (nSPS) is 11.4. The van der Waals surface area contributed by atoms with E-state index < -0.39 is 0 Å². The third-order valence-corrected chi connectivity index (χ3v) is 4.36. The van der Waals surface area contributed by atoms with Gasteiger partial charge in [-0.05, 0) is 64.7 Å². The van der Waals surface area contributed by atoms with Crippen LogP contribution >= 0.6 is 15.9 Å². The lowest BCUT2D eigenvalue weighted by Crippen LogP contribution is -2.26. The molecule has 0 amide bonds. The van der Waals surface area contributed by atoms with Gasteiger partial charge in [0.25, 0.3) is 5.56 Å². The van der Waals surface area contributed by atoms with Crippen molar-refractivity contribution in [3.05, 3.63) is 68.6 Å². The van der Waals surface area contributed by atoms with Crippen LogP contribution in [0.3, 0.4) is 0 Å². The fraction of sp³-hybridized carbons (Fsp3) is 0.222. The van der Waals surface area contributed by atoms with E-state index in [4.69, 9.17) is 9.59 Å². The zero-order valence-electron chi connectivity index (χ0n) is 14.1. The van der Waals surface area contributed by atoms with E-state index in [9.17, 15) is 9.18 Å². The average Bonchev–Trinajstić information content (AvgIpc) is 2.61. The number of carbonyl (C=O) groups excluding carboxylic acids is 2. The minimum atomic E-state index is -0.313. The Bertz CT molecular complexity index is 1030. The molecule has 0 saturated heterocycles. The van der Waals surface area contributed by atoms with Crippen molar-refractivity contribution in [2.24, 2.45) is 0 Å². The number of aromatic nitrogens is 3. The summed E-state index contributed by atoms with van der Waals surface area (Å²) < 4.78 is 15.8. The van der Waals surface area contributed by atoms with Crippen LogP contribution in [0, 0.1) is 12.7 Å². The highest BCUT2D eigenvalue weighted by atomic mass is 79.9. The minimum Gasteiger partial charge on any atom is -0.290 e. The highest BCUT2D eigenvalue weighted by molar-refractivity contribution is 9.10. The van der Waals surface area contributed by atoms with Gasteiger partial charge in [0.1, 0.15) is 10.4 Å². The molecule has 3 aromatic rings. The van der Waals surface area contributed by atoms with Gasteiger partial charge >= 0.3 is 6.15 Å². The molecule has 1 atom stereocenters. The van der Waals surface area contributed by atoms with Crippen molar-refractivity contribution in [1.82, 2.24) is 14.5 Å². The summed E-state index contributed by atoms with van der Waals surface area (Å²) in [6.45, 7) is 3.87. The van der Waals surface area contributed by atoms with Crippen molar-refractivity contribution in [3.8, 4) is 0 Å². The number of halogens is 2. The lowest BCUT2D eigenvalue weighted by molar-refractivity contribution is -0.191. The molecule has 1 unspecified atom stereocenters. The van der Waals surface area contributed by atoms with Crippen LogP contribution in [0.5, 0.6) is 0 Å². The molecule has 8 heteroatoms. The SMILES string of the molecule is CCC(c1cc(F)ccc1C)n1cnc2ccc(Br)nc2c1=O.O=C=O. The van der Waals surface area contributed by atoms with E-state index in [1.165, 1.54) is 23.0 Å². The van der Waals surface area contributed by atoms with Gasteiger partial charge in [-0.25, -0.2) is 14.4 Å². The molecule has 0 aliphatic carbocycles. The van der Waals surface area contributed by atoms with E-state index in [1.54, 1.807) is 18.2 Å². The summed E-state index contributed by atoms with van der Waals surface area (Å²) in [7, 11) is 0. The molecule has 3 rings (SSSR count). The molecule has 134 valence electrons. The second kappa shape index (κ2) is 8.60. The second-order valence-corrected chi connectivity index (χ2v) is 6.28. The second-order valence-electron chi connectivity index (χ2n) is 5.47. The molecule has 6 nitrogen and oxygen atoms in total. The predicted octanol–water partition coefficient (Wildman–Crippen LogP) is 3.42. The molecule has 0 N–H and O–H groups in total. The Hall–Kier alpha value is -2.70. The number of hydrogen-bond acceptors (Lipinski definition) is 5. The van der Waals surface area contributed by atoms with Gasteiger partial charge in [0.2, 0.25) is 0 Å². The summed E-state index contributed by atoms with van der Waals surface area (Å²) in [5.74, 6) is -0.313. The number of fused-ring (bicyclic) bond motifs is 1. The van der Waals surface area contributed by atoms with Gasteiger partial charge in [-0.2, -0.15) is 9.59 Å². The van der Waals surface area contributed by atoms with Crippen molar-refractivity contribution < 1.29 is 14.0 Å². The van der Waals surface area contributed by atoms with Gasteiger partial charge in [0, 0.05) is 0 Å². The minimum absolute atomic E-state index is 0.230.